The quantitative estimate of drug-likeness (QED) is 0.774. The van der Waals surface area contributed by atoms with Crippen LogP contribution in [-0.4, -0.2) is 18.4 Å². The molecule has 0 aromatic heterocycles. The van der Waals surface area contributed by atoms with Crippen LogP contribution in [0.15, 0.2) is 46.9 Å². The third-order valence-corrected chi connectivity index (χ3v) is 3.48. The zero-order valence-corrected chi connectivity index (χ0v) is 13.9. The lowest BCUT2D eigenvalue weighted by molar-refractivity contribution is -0.123. The molecule has 0 aliphatic rings. The number of nitrogens with one attached hydrogen (secondary N) is 2. The zero-order chi connectivity index (χ0) is 16.8. The first-order valence-corrected chi connectivity index (χ1v) is 7.56. The van der Waals surface area contributed by atoms with E-state index in [4.69, 9.17) is 16.3 Å². The van der Waals surface area contributed by atoms with Gasteiger partial charge in [-0.25, -0.2) is 4.39 Å². The highest BCUT2D eigenvalue weighted by Crippen LogP contribution is 2.27. The maximum Gasteiger partial charge on any atom is 0.276 e. The van der Waals surface area contributed by atoms with Gasteiger partial charge < -0.3 is 4.74 Å². The van der Waals surface area contributed by atoms with Crippen molar-refractivity contribution in [2.24, 2.45) is 0 Å². The molecule has 0 radical (unpaired) electrons. The number of carbonyl (C=O) groups excluding carboxylic acids is 2. The van der Waals surface area contributed by atoms with E-state index in [1.807, 2.05) is 0 Å². The van der Waals surface area contributed by atoms with E-state index in [-0.39, 0.29) is 12.2 Å². The molecule has 0 aliphatic carbocycles. The average molecular weight is 402 g/mol. The fraction of sp³-hybridized carbons (Fsp3) is 0.0667. The minimum absolute atomic E-state index is 0.176. The molecule has 0 heterocycles. The van der Waals surface area contributed by atoms with Crippen LogP contribution in [0.5, 0.6) is 5.75 Å². The zero-order valence-electron chi connectivity index (χ0n) is 11.6. The third kappa shape index (κ3) is 4.94. The minimum Gasteiger partial charge on any atom is -0.482 e. The van der Waals surface area contributed by atoms with Crippen molar-refractivity contribution in [3.8, 4) is 5.75 Å². The number of hydrogen-bond acceptors (Lipinski definition) is 3. The van der Waals surface area contributed by atoms with Crippen molar-refractivity contribution in [3.05, 3.63) is 63.3 Å². The van der Waals surface area contributed by atoms with Crippen LogP contribution in [-0.2, 0) is 4.79 Å². The average Bonchev–Trinajstić information content (AvgIpc) is 2.52. The summed E-state index contributed by atoms with van der Waals surface area (Å²) in [6.45, 7) is -0.362. The number of rotatable bonds is 4. The van der Waals surface area contributed by atoms with Gasteiger partial charge in [0.1, 0.15) is 11.6 Å². The molecule has 8 heteroatoms. The number of hydrazine groups is 1. The predicted molar refractivity (Wildman–Crippen MR) is 86.7 cm³/mol. The first kappa shape index (κ1) is 17.2. The first-order chi connectivity index (χ1) is 11.0. The van der Waals surface area contributed by atoms with Gasteiger partial charge in [0.05, 0.1) is 10.6 Å². The van der Waals surface area contributed by atoms with E-state index in [9.17, 15) is 14.0 Å². The molecule has 0 spiro atoms. The summed E-state index contributed by atoms with van der Waals surface area (Å²) in [5, 5.41) is 0.336. The van der Waals surface area contributed by atoms with Gasteiger partial charge in [0.2, 0.25) is 0 Å². The predicted octanol–water partition coefficient (Wildman–Crippen LogP) is 3.08. The summed E-state index contributed by atoms with van der Waals surface area (Å²) >= 11 is 9.19. The van der Waals surface area contributed by atoms with Gasteiger partial charge in [-0.3, -0.25) is 20.4 Å². The fourth-order valence-electron chi connectivity index (χ4n) is 1.61. The Hall–Kier alpha value is -2.12. The van der Waals surface area contributed by atoms with Crippen LogP contribution in [0.3, 0.4) is 0 Å². The summed E-state index contributed by atoms with van der Waals surface area (Å²) in [6.07, 6.45) is 0. The second-order valence-corrected chi connectivity index (χ2v) is 5.67. The summed E-state index contributed by atoms with van der Waals surface area (Å²) in [4.78, 5) is 23.3. The molecular weight excluding hydrogens is 391 g/mol. The summed E-state index contributed by atoms with van der Waals surface area (Å²) in [5.41, 5.74) is 4.05. The maximum absolute atomic E-state index is 13.4. The van der Waals surface area contributed by atoms with Crippen LogP contribution >= 0.6 is 27.5 Å². The number of amides is 2. The number of hydrogen-bond donors (Lipinski definition) is 2. The van der Waals surface area contributed by atoms with E-state index in [1.165, 1.54) is 18.2 Å². The van der Waals surface area contributed by atoms with Gasteiger partial charge in [0.15, 0.2) is 6.61 Å². The van der Waals surface area contributed by atoms with E-state index in [0.717, 1.165) is 10.5 Å². The molecular formula is C15H11BrClFN2O3. The molecule has 0 bridgehead atoms. The lowest BCUT2D eigenvalue weighted by atomic mass is 10.2. The van der Waals surface area contributed by atoms with Gasteiger partial charge in [-0.05, 0) is 30.3 Å². The summed E-state index contributed by atoms with van der Waals surface area (Å²) in [5.74, 6) is -1.74. The van der Waals surface area contributed by atoms with E-state index in [0.29, 0.717) is 10.8 Å². The standard InChI is InChI=1S/C15H11BrClFN2O3/c16-9-5-6-13(11(17)7-9)23-8-14(21)19-20-15(22)10-3-1-2-4-12(10)18/h1-7H,8H2,(H,19,21)(H,20,22). The Morgan fingerprint density at radius 1 is 1.17 bits per heavy atom. The number of ether oxygens (including phenoxy) is 1. The Kier molecular flexibility index (Phi) is 5.95. The van der Waals surface area contributed by atoms with E-state index in [2.05, 4.69) is 26.8 Å². The van der Waals surface area contributed by atoms with Gasteiger partial charge in [-0.15, -0.1) is 0 Å². The van der Waals surface area contributed by atoms with Crippen LogP contribution in [0.1, 0.15) is 10.4 Å². The van der Waals surface area contributed by atoms with E-state index >= 15 is 0 Å². The molecule has 120 valence electrons. The highest BCUT2D eigenvalue weighted by Gasteiger charge is 2.12. The van der Waals surface area contributed by atoms with Gasteiger partial charge in [0, 0.05) is 4.47 Å². The molecule has 23 heavy (non-hydrogen) atoms. The molecule has 0 unspecified atom stereocenters. The fourth-order valence-corrected chi connectivity index (χ4v) is 2.34. The van der Waals surface area contributed by atoms with Crippen LogP contribution in [0.4, 0.5) is 4.39 Å². The summed E-state index contributed by atoms with van der Waals surface area (Å²) in [6, 6.07) is 10.3. The van der Waals surface area contributed by atoms with Crippen molar-refractivity contribution in [2.75, 3.05) is 6.61 Å². The second kappa shape index (κ2) is 7.94. The molecule has 5 nitrogen and oxygen atoms in total. The third-order valence-electron chi connectivity index (χ3n) is 2.69. The first-order valence-electron chi connectivity index (χ1n) is 6.39. The van der Waals surface area contributed by atoms with Crippen LogP contribution in [0, 0.1) is 5.82 Å². The van der Waals surface area contributed by atoms with Gasteiger partial charge in [-0.2, -0.15) is 0 Å². The molecule has 0 saturated carbocycles. The van der Waals surface area contributed by atoms with Gasteiger partial charge in [-0.1, -0.05) is 39.7 Å². The van der Waals surface area contributed by atoms with Crippen molar-refractivity contribution in [2.45, 2.75) is 0 Å². The summed E-state index contributed by atoms with van der Waals surface area (Å²) < 4.78 is 19.4. The molecule has 0 atom stereocenters. The Morgan fingerprint density at radius 3 is 2.61 bits per heavy atom. The molecule has 0 saturated heterocycles. The van der Waals surface area contributed by atoms with Crippen molar-refractivity contribution >= 4 is 39.3 Å². The van der Waals surface area contributed by atoms with Crippen molar-refractivity contribution in [3.63, 3.8) is 0 Å². The molecule has 2 rings (SSSR count). The molecule has 2 aromatic carbocycles. The minimum atomic E-state index is -0.766. The smallest absolute Gasteiger partial charge is 0.276 e. The lowest BCUT2D eigenvalue weighted by Gasteiger charge is -2.10. The molecule has 2 N–H and O–H groups in total. The van der Waals surface area contributed by atoms with E-state index in [1.54, 1.807) is 18.2 Å². The maximum atomic E-state index is 13.4. The van der Waals surface area contributed by atoms with Crippen molar-refractivity contribution in [1.82, 2.24) is 10.9 Å². The summed E-state index contributed by atoms with van der Waals surface area (Å²) in [7, 11) is 0. The highest BCUT2D eigenvalue weighted by molar-refractivity contribution is 9.10. The largest absolute Gasteiger partial charge is 0.482 e. The molecule has 2 amide bonds. The number of carbonyl (C=O) groups is 2. The molecule has 0 aliphatic heterocycles. The lowest BCUT2D eigenvalue weighted by Crippen LogP contribution is -2.44. The Bertz CT molecular complexity index is 742. The van der Waals surface area contributed by atoms with Crippen LogP contribution in [0.2, 0.25) is 5.02 Å². The van der Waals surface area contributed by atoms with Crippen LogP contribution < -0.4 is 15.6 Å². The topological polar surface area (TPSA) is 67.4 Å². The SMILES string of the molecule is O=C(COc1ccc(Br)cc1Cl)NNC(=O)c1ccccc1F. The monoisotopic (exact) mass is 400 g/mol. The Balaban J connectivity index is 1.83. The Labute approximate surface area is 144 Å². The van der Waals surface area contributed by atoms with Crippen molar-refractivity contribution in [1.29, 1.82) is 0 Å². The Morgan fingerprint density at radius 2 is 1.91 bits per heavy atom. The van der Waals surface area contributed by atoms with Gasteiger partial charge in [0.25, 0.3) is 11.8 Å². The van der Waals surface area contributed by atoms with Crippen LogP contribution in [0.25, 0.3) is 0 Å². The number of halogens is 3. The van der Waals surface area contributed by atoms with E-state index < -0.39 is 17.6 Å². The highest BCUT2D eigenvalue weighted by atomic mass is 79.9. The van der Waals surface area contributed by atoms with Crippen molar-refractivity contribution < 1.29 is 18.7 Å². The second-order valence-electron chi connectivity index (χ2n) is 4.35. The van der Waals surface area contributed by atoms with Gasteiger partial charge >= 0.3 is 0 Å². The number of benzene rings is 2. The molecule has 0 fully saturated rings. The normalized spacial score (nSPS) is 10.0. The molecule has 2 aromatic rings.